The van der Waals surface area contributed by atoms with E-state index in [2.05, 4.69) is 16.3 Å². The number of nitrogens with zero attached hydrogens (tertiary/aromatic N) is 1. The molecule has 4 heteroatoms. The largest absolute Gasteiger partial charge is 0.490 e. The van der Waals surface area contributed by atoms with Crippen LogP contribution in [-0.2, 0) is 11.2 Å². The predicted molar refractivity (Wildman–Crippen MR) is 86.3 cm³/mol. The van der Waals surface area contributed by atoms with Crippen LogP contribution in [0.2, 0.25) is 0 Å². The van der Waals surface area contributed by atoms with E-state index in [4.69, 9.17) is 4.74 Å². The summed E-state index contributed by atoms with van der Waals surface area (Å²) in [5.74, 6) is 1.07. The van der Waals surface area contributed by atoms with E-state index in [-0.39, 0.29) is 5.91 Å². The quantitative estimate of drug-likeness (QED) is 0.933. The first-order valence-corrected chi connectivity index (χ1v) is 8.61. The maximum absolute atomic E-state index is 11.4. The van der Waals surface area contributed by atoms with E-state index in [1.165, 1.54) is 37.9 Å². The predicted octanol–water partition coefficient (Wildman–Crippen LogP) is 2.97. The summed E-state index contributed by atoms with van der Waals surface area (Å²) in [5, 5.41) is 2.92. The number of piperidine rings is 1. The van der Waals surface area contributed by atoms with Crippen LogP contribution >= 0.6 is 0 Å². The molecule has 1 saturated carbocycles. The van der Waals surface area contributed by atoms with E-state index in [0.717, 1.165) is 36.7 Å². The number of amides is 1. The number of carbonyl (C=O) groups excluding carboxylic acids is 1. The van der Waals surface area contributed by atoms with Gasteiger partial charge in [0.05, 0.1) is 0 Å². The van der Waals surface area contributed by atoms with Gasteiger partial charge in [-0.05, 0) is 55.9 Å². The molecule has 1 saturated heterocycles. The molecule has 1 N–H and O–H groups in total. The molecule has 118 valence electrons. The number of hydrogen-bond donors (Lipinski definition) is 1. The van der Waals surface area contributed by atoms with Gasteiger partial charge in [0.1, 0.15) is 11.9 Å². The second-order valence-corrected chi connectivity index (χ2v) is 6.81. The molecular formula is C18H24N2O2. The van der Waals surface area contributed by atoms with E-state index in [0.29, 0.717) is 12.5 Å². The molecule has 2 heterocycles. The molecule has 2 aliphatic heterocycles. The van der Waals surface area contributed by atoms with Crippen molar-refractivity contribution in [2.45, 2.75) is 57.1 Å². The minimum absolute atomic E-state index is 0.115. The van der Waals surface area contributed by atoms with Gasteiger partial charge in [0.15, 0.2) is 0 Å². The number of likely N-dealkylation sites (tertiary alicyclic amines) is 1. The highest BCUT2D eigenvalue weighted by Gasteiger charge is 2.29. The minimum atomic E-state index is 0.115. The summed E-state index contributed by atoms with van der Waals surface area (Å²) in [6.07, 6.45) is 8.19. The van der Waals surface area contributed by atoms with Crippen molar-refractivity contribution in [3.05, 3.63) is 23.8 Å². The molecular weight excluding hydrogens is 276 g/mol. The van der Waals surface area contributed by atoms with Gasteiger partial charge in [0, 0.05) is 31.2 Å². The Kier molecular flexibility index (Phi) is 3.78. The molecule has 0 radical (unpaired) electrons. The van der Waals surface area contributed by atoms with Gasteiger partial charge >= 0.3 is 0 Å². The van der Waals surface area contributed by atoms with E-state index < -0.39 is 0 Å². The van der Waals surface area contributed by atoms with Gasteiger partial charge in [-0.15, -0.1) is 0 Å². The highest BCUT2D eigenvalue weighted by molar-refractivity contribution is 5.93. The third-order valence-corrected chi connectivity index (χ3v) is 5.34. The molecule has 3 aliphatic rings. The van der Waals surface area contributed by atoms with Crippen LogP contribution < -0.4 is 10.1 Å². The van der Waals surface area contributed by atoms with E-state index in [1.54, 1.807) is 0 Å². The summed E-state index contributed by atoms with van der Waals surface area (Å²) < 4.78 is 6.19. The fraction of sp³-hybridized carbons (Fsp3) is 0.611. The highest BCUT2D eigenvalue weighted by atomic mass is 16.5. The van der Waals surface area contributed by atoms with E-state index >= 15 is 0 Å². The Bertz CT molecular complexity index is 560. The van der Waals surface area contributed by atoms with Crippen molar-refractivity contribution in [3.63, 3.8) is 0 Å². The molecule has 0 atom stereocenters. The summed E-state index contributed by atoms with van der Waals surface area (Å²) in [6, 6.07) is 6.93. The monoisotopic (exact) mass is 300 g/mol. The van der Waals surface area contributed by atoms with Crippen LogP contribution in [-0.4, -0.2) is 36.0 Å². The van der Waals surface area contributed by atoms with Crippen LogP contribution in [0, 0.1) is 0 Å². The Balaban J connectivity index is 1.35. The molecule has 1 aromatic carbocycles. The molecule has 0 aromatic heterocycles. The minimum Gasteiger partial charge on any atom is -0.490 e. The maximum atomic E-state index is 11.4. The number of aryl methyl sites for hydroxylation is 1. The first kappa shape index (κ1) is 14.1. The molecule has 0 unspecified atom stereocenters. The van der Waals surface area contributed by atoms with Crippen molar-refractivity contribution in [2.24, 2.45) is 0 Å². The lowest BCUT2D eigenvalue weighted by Gasteiger charge is -2.41. The molecule has 1 aromatic rings. The lowest BCUT2D eigenvalue weighted by Crippen LogP contribution is -2.46. The van der Waals surface area contributed by atoms with Gasteiger partial charge in [0.25, 0.3) is 0 Å². The number of fused-ring (bicyclic) bond motifs is 1. The first-order valence-electron chi connectivity index (χ1n) is 8.61. The van der Waals surface area contributed by atoms with Crippen molar-refractivity contribution in [2.75, 3.05) is 18.4 Å². The van der Waals surface area contributed by atoms with Gasteiger partial charge in [-0.1, -0.05) is 6.42 Å². The summed E-state index contributed by atoms with van der Waals surface area (Å²) in [6.45, 7) is 2.35. The number of ether oxygens (including phenoxy) is 1. The number of anilines is 1. The van der Waals surface area contributed by atoms with Crippen molar-refractivity contribution in [3.8, 4) is 5.75 Å². The third-order valence-electron chi connectivity index (χ3n) is 5.34. The number of carbonyl (C=O) groups is 1. The molecule has 22 heavy (non-hydrogen) atoms. The highest BCUT2D eigenvalue weighted by Crippen LogP contribution is 2.30. The van der Waals surface area contributed by atoms with E-state index in [1.807, 2.05) is 12.1 Å². The van der Waals surface area contributed by atoms with Crippen LogP contribution in [0.4, 0.5) is 5.69 Å². The summed E-state index contributed by atoms with van der Waals surface area (Å²) in [4.78, 5) is 14.0. The van der Waals surface area contributed by atoms with Gasteiger partial charge in [-0.25, -0.2) is 0 Å². The number of benzene rings is 1. The molecule has 4 nitrogen and oxygen atoms in total. The zero-order chi connectivity index (χ0) is 14.9. The van der Waals surface area contributed by atoms with Crippen molar-refractivity contribution in [1.82, 2.24) is 4.90 Å². The number of hydrogen-bond acceptors (Lipinski definition) is 3. The van der Waals surface area contributed by atoms with Crippen LogP contribution in [0.25, 0.3) is 0 Å². The molecule has 1 aliphatic carbocycles. The fourth-order valence-corrected chi connectivity index (χ4v) is 3.74. The van der Waals surface area contributed by atoms with Crippen LogP contribution in [0.1, 0.15) is 44.1 Å². The maximum Gasteiger partial charge on any atom is 0.224 e. The second-order valence-electron chi connectivity index (χ2n) is 6.81. The van der Waals surface area contributed by atoms with Crippen LogP contribution in [0.5, 0.6) is 5.75 Å². The summed E-state index contributed by atoms with van der Waals surface area (Å²) in [7, 11) is 0. The zero-order valence-electron chi connectivity index (χ0n) is 13.0. The summed E-state index contributed by atoms with van der Waals surface area (Å²) in [5.41, 5.74) is 2.15. The Morgan fingerprint density at radius 2 is 1.91 bits per heavy atom. The van der Waals surface area contributed by atoms with E-state index in [9.17, 15) is 4.79 Å². The Hall–Kier alpha value is -1.55. The number of rotatable bonds is 3. The molecule has 2 fully saturated rings. The second kappa shape index (κ2) is 5.92. The van der Waals surface area contributed by atoms with Gasteiger partial charge < -0.3 is 15.0 Å². The summed E-state index contributed by atoms with van der Waals surface area (Å²) >= 11 is 0. The van der Waals surface area contributed by atoms with Crippen LogP contribution in [0.15, 0.2) is 18.2 Å². The van der Waals surface area contributed by atoms with Gasteiger partial charge in [0.2, 0.25) is 5.91 Å². The fourth-order valence-electron chi connectivity index (χ4n) is 3.74. The van der Waals surface area contributed by atoms with Crippen molar-refractivity contribution >= 4 is 11.6 Å². The topological polar surface area (TPSA) is 41.6 Å². The standard InChI is InChI=1S/C18H24N2O2/c21-18-7-4-13-12-16(5-6-17(13)19-18)22-15-8-10-20(11-9-15)14-2-1-3-14/h5-6,12,14-15H,1-4,7-11H2,(H,19,21). The van der Waals surface area contributed by atoms with Gasteiger partial charge in [-0.3, -0.25) is 4.79 Å². The van der Waals surface area contributed by atoms with Crippen molar-refractivity contribution < 1.29 is 9.53 Å². The average Bonchev–Trinajstić information content (AvgIpc) is 2.48. The lowest BCUT2D eigenvalue weighted by atomic mass is 9.90. The first-order chi connectivity index (χ1) is 10.8. The molecule has 1 amide bonds. The van der Waals surface area contributed by atoms with Crippen LogP contribution in [0.3, 0.4) is 0 Å². The molecule has 4 rings (SSSR count). The molecule has 0 bridgehead atoms. The SMILES string of the molecule is O=C1CCc2cc(OC3CCN(C4CCC4)CC3)ccc2N1. The van der Waals surface area contributed by atoms with Crippen molar-refractivity contribution in [1.29, 1.82) is 0 Å². The Morgan fingerprint density at radius 3 is 2.64 bits per heavy atom. The third kappa shape index (κ3) is 2.84. The zero-order valence-corrected chi connectivity index (χ0v) is 13.0. The van der Waals surface area contributed by atoms with Gasteiger partial charge in [-0.2, -0.15) is 0 Å². The Morgan fingerprint density at radius 1 is 1.09 bits per heavy atom. The smallest absolute Gasteiger partial charge is 0.224 e. The Labute approximate surface area is 131 Å². The average molecular weight is 300 g/mol. The lowest BCUT2D eigenvalue weighted by molar-refractivity contribution is -0.116. The number of nitrogens with one attached hydrogen (secondary N) is 1. The normalized spacial score (nSPS) is 23.5. The molecule has 0 spiro atoms.